The summed E-state index contributed by atoms with van der Waals surface area (Å²) < 4.78 is 43.9. The summed E-state index contributed by atoms with van der Waals surface area (Å²) in [6.45, 7) is 2.76. The van der Waals surface area contributed by atoms with Crippen molar-refractivity contribution in [2.24, 2.45) is 0 Å². The molecule has 0 aliphatic carbocycles. The zero-order chi connectivity index (χ0) is 25.6. The molecule has 2 saturated heterocycles. The molecule has 5 heterocycles. The second-order valence-electron chi connectivity index (χ2n) is 9.41. The van der Waals surface area contributed by atoms with Gasteiger partial charge in [0.05, 0.1) is 38.9 Å². The van der Waals surface area contributed by atoms with Crippen LogP contribution in [0.3, 0.4) is 0 Å². The second kappa shape index (κ2) is 8.40. The molecule has 0 amide bonds. The van der Waals surface area contributed by atoms with Gasteiger partial charge in [-0.15, -0.1) is 11.3 Å². The molecular weight excluding hydrogens is 538 g/mol. The maximum absolute atomic E-state index is 16.6. The van der Waals surface area contributed by atoms with Crippen molar-refractivity contribution in [3.63, 3.8) is 0 Å². The van der Waals surface area contributed by atoms with E-state index in [0.29, 0.717) is 56.7 Å². The molecule has 0 saturated carbocycles. The summed E-state index contributed by atoms with van der Waals surface area (Å²) in [6, 6.07) is 5.03. The molecular formula is C26H19ClF2N4O2S2. The highest BCUT2D eigenvalue weighted by molar-refractivity contribution is 7.98. The van der Waals surface area contributed by atoms with Crippen LogP contribution < -0.4 is 9.64 Å². The number of nitrogens with zero attached hydrogens (tertiary/aromatic N) is 4. The van der Waals surface area contributed by atoms with E-state index in [1.807, 2.05) is 6.26 Å². The van der Waals surface area contributed by atoms with Crippen molar-refractivity contribution in [3.8, 4) is 22.9 Å². The summed E-state index contributed by atoms with van der Waals surface area (Å²) in [5.74, 6) is -0.207. The van der Waals surface area contributed by atoms with Gasteiger partial charge < -0.3 is 14.4 Å². The van der Waals surface area contributed by atoms with Crippen LogP contribution in [0, 0.1) is 29.9 Å². The quantitative estimate of drug-likeness (QED) is 0.207. The number of halogens is 3. The number of nitriles is 1. The van der Waals surface area contributed by atoms with Gasteiger partial charge in [-0.25, -0.2) is 18.7 Å². The van der Waals surface area contributed by atoms with Gasteiger partial charge in [-0.2, -0.15) is 5.26 Å². The van der Waals surface area contributed by atoms with Crippen LogP contribution >= 0.6 is 34.7 Å². The Morgan fingerprint density at radius 3 is 2.89 bits per heavy atom. The molecule has 0 unspecified atom stereocenters. The van der Waals surface area contributed by atoms with Gasteiger partial charge in [0.15, 0.2) is 16.7 Å². The summed E-state index contributed by atoms with van der Waals surface area (Å²) in [6.07, 6.45) is 3.56. The van der Waals surface area contributed by atoms with Gasteiger partial charge in [-0.1, -0.05) is 29.4 Å². The van der Waals surface area contributed by atoms with Crippen molar-refractivity contribution in [1.82, 2.24) is 9.97 Å². The Labute approximate surface area is 224 Å². The second-order valence-corrected chi connectivity index (χ2v) is 11.8. The largest absolute Gasteiger partial charge is 0.489 e. The molecule has 3 aliphatic rings. The molecule has 188 valence electrons. The summed E-state index contributed by atoms with van der Waals surface area (Å²) in [4.78, 5) is 12.2. The van der Waals surface area contributed by atoms with Crippen LogP contribution in [0.5, 0.6) is 5.75 Å². The van der Waals surface area contributed by atoms with Gasteiger partial charge in [0, 0.05) is 22.4 Å². The summed E-state index contributed by atoms with van der Waals surface area (Å²) >= 11 is 9.44. The number of thioether (sulfide) groups is 1. The molecule has 7 rings (SSSR count). The maximum atomic E-state index is 16.6. The highest BCUT2D eigenvalue weighted by Gasteiger charge is 2.48. The molecule has 11 heteroatoms. The van der Waals surface area contributed by atoms with Crippen molar-refractivity contribution in [1.29, 1.82) is 5.26 Å². The topological polar surface area (TPSA) is 71.3 Å². The number of hydrogen-bond acceptors (Lipinski definition) is 8. The van der Waals surface area contributed by atoms with E-state index in [-0.39, 0.29) is 39.0 Å². The van der Waals surface area contributed by atoms with Crippen molar-refractivity contribution < 1.29 is 18.3 Å². The lowest BCUT2D eigenvalue weighted by molar-refractivity contribution is 0.107. The van der Waals surface area contributed by atoms with Crippen molar-refractivity contribution in [2.75, 3.05) is 24.4 Å². The first kappa shape index (κ1) is 23.4. The molecule has 37 heavy (non-hydrogen) atoms. The fourth-order valence-electron chi connectivity index (χ4n) is 6.00. The molecule has 6 nitrogen and oxygen atoms in total. The van der Waals surface area contributed by atoms with E-state index in [1.54, 1.807) is 6.92 Å². The summed E-state index contributed by atoms with van der Waals surface area (Å²) in [7, 11) is 0. The van der Waals surface area contributed by atoms with Gasteiger partial charge >= 0.3 is 0 Å². The van der Waals surface area contributed by atoms with E-state index in [4.69, 9.17) is 26.1 Å². The Kier molecular flexibility index (Phi) is 5.31. The summed E-state index contributed by atoms with van der Waals surface area (Å²) in [5.41, 5.74) is 0.776. The lowest BCUT2D eigenvalue weighted by atomic mass is 9.96. The fourth-order valence-corrected chi connectivity index (χ4v) is 7.73. The summed E-state index contributed by atoms with van der Waals surface area (Å²) in [5, 5.41) is 11.1. The van der Waals surface area contributed by atoms with Crippen LogP contribution in [0.4, 0.5) is 14.6 Å². The first-order valence-corrected chi connectivity index (χ1v) is 14.3. The number of benzene rings is 2. The number of anilines is 1. The third-order valence-corrected chi connectivity index (χ3v) is 9.59. The van der Waals surface area contributed by atoms with E-state index in [0.717, 1.165) is 12.8 Å². The number of thiophene rings is 1. The van der Waals surface area contributed by atoms with E-state index in [1.165, 1.54) is 35.2 Å². The zero-order valence-electron chi connectivity index (χ0n) is 19.8. The Bertz CT molecular complexity index is 1690. The van der Waals surface area contributed by atoms with Gasteiger partial charge in [-0.3, -0.25) is 0 Å². The minimum atomic E-state index is -0.649. The molecule has 4 aromatic rings. The standard InChI is InChI=1S/C26H19ClF2N4O2S2/c1-10-13(8-30)17-12(3-4-14(28)24(17)37-10)18-20(27)23-19-22(21(18)29)31-26(36-2)32-25(19)33-11(9-35-23)7-16-15(33)5-6-34-16/h3-4,11,15-16H,5-7,9H2,1-2H3/t11-,15-,16-/m0/s1. The number of rotatable bonds is 2. The van der Waals surface area contributed by atoms with E-state index in [2.05, 4.69) is 16.0 Å². The van der Waals surface area contributed by atoms with E-state index < -0.39 is 11.6 Å². The smallest absolute Gasteiger partial charge is 0.189 e. The molecule has 0 bridgehead atoms. The highest BCUT2D eigenvalue weighted by atomic mass is 35.5. The Morgan fingerprint density at radius 2 is 2.11 bits per heavy atom. The van der Waals surface area contributed by atoms with Crippen LogP contribution in [0.2, 0.25) is 5.02 Å². The third-order valence-electron chi connectivity index (χ3n) is 7.57. The van der Waals surface area contributed by atoms with Crippen molar-refractivity contribution in [3.05, 3.63) is 39.2 Å². The van der Waals surface area contributed by atoms with Crippen LogP contribution in [0.1, 0.15) is 23.3 Å². The molecule has 0 spiro atoms. The number of hydrogen-bond donors (Lipinski definition) is 0. The average Bonchev–Trinajstić information content (AvgIpc) is 3.54. The molecule has 2 aromatic heterocycles. The normalized spacial score (nSPS) is 22.2. The van der Waals surface area contributed by atoms with Crippen LogP contribution in [0.25, 0.3) is 32.1 Å². The molecule has 2 fully saturated rings. The lowest BCUT2D eigenvalue weighted by Crippen LogP contribution is -2.39. The number of ether oxygens (including phenoxy) is 2. The number of aryl methyl sites for hydroxylation is 1. The fraction of sp³-hybridized carbons (Fsp3) is 0.346. The predicted octanol–water partition coefficient (Wildman–Crippen LogP) is 6.47. The lowest BCUT2D eigenvalue weighted by Gasteiger charge is -2.28. The zero-order valence-corrected chi connectivity index (χ0v) is 22.2. The molecule has 0 N–H and O–H groups in total. The first-order chi connectivity index (χ1) is 17.9. The van der Waals surface area contributed by atoms with Crippen molar-refractivity contribution in [2.45, 2.75) is 43.1 Å². The van der Waals surface area contributed by atoms with Crippen molar-refractivity contribution >= 4 is 61.5 Å². The van der Waals surface area contributed by atoms with Gasteiger partial charge in [0.1, 0.15) is 29.8 Å². The highest BCUT2D eigenvalue weighted by Crippen LogP contribution is 2.52. The van der Waals surface area contributed by atoms with Crippen LogP contribution in [0.15, 0.2) is 17.3 Å². The van der Waals surface area contributed by atoms with E-state index >= 15 is 4.39 Å². The first-order valence-electron chi connectivity index (χ1n) is 11.8. The number of aromatic nitrogens is 2. The Hall–Kier alpha value is -2.71. The molecule has 0 radical (unpaired) electrons. The number of fused-ring (bicyclic) bond motifs is 5. The average molecular weight is 557 g/mol. The van der Waals surface area contributed by atoms with Gasteiger partial charge in [-0.05, 0) is 37.7 Å². The molecule has 3 atom stereocenters. The molecule has 3 aliphatic heterocycles. The predicted molar refractivity (Wildman–Crippen MR) is 141 cm³/mol. The Balaban J connectivity index is 1.58. The Morgan fingerprint density at radius 1 is 1.27 bits per heavy atom. The van der Waals surface area contributed by atoms with E-state index in [9.17, 15) is 9.65 Å². The minimum absolute atomic E-state index is 0.000303. The van der Waals surface area contributed by atoms with Gasteiger partial charge in [0.2, 0.25) is 0 Å². The molecule has 2 aromatic carbocycles. The monoisotopic (exact) mass is 556 g/mol. The maximum Gasteiger partial charge on any atom is 0.189 e. The van der Waals surface area contributed by atoms with Crippen LogP contribution in [-0.4, -0.2) is 47.6 Å². The van der Waals surface area contributed by atoms with Gasteiger partial charge in [0.25, 0.3) is 0 Å². The SMILES string of the molecule is CSc1nc2c3c(c(Cl)c(-c4ccc(F)c5sc(C)c(C#N)c45)c(F)c3n1)OC[C@@H]1C[C@@H]3OCC[C@@H]3N21. The minimum Gasteiger partial charge on any atom is -0.489 e. The third kappa shape index (κ3) is 3.18. The van der Waals surface area contributed by atoms with Crippen LogP contribution in [-0.2, 0) is 4.74 Å².